The molecule has 0 rings (SSSR count). The van der Waals surface area contributed by atoms with Crippen LogP contribution in [0.3, 0.4) is 0 Å². The third kappa shape index (κ3) is 5.07. The van der Waals surface area contributed by atoms with Crippen molar-refractivity contribution in [2.75, 3.05) is 6.54 Å². The number of primary amides is 1. The second kappa shape index (κ2) is 4.23. The molecule has 0 atom stereocenters. The van der Waals surface area contributed by atoms with Crippen LogP contribution in [-0.4, -0.2) is 12.6 Å². The van der Waals surface area contributed by atoms with Gasteiger partial charge in [0.25, 0.3) is 0 Å². The molecule has 46 valence electrons. The molecule has 4 nitrogen and oxygen atoms in total. The lowest BCUT2D eigenvalue weighted by Gasteiger charge is -1.79. The van der Waals surface area contributed by atoms with E-state index >= 15 is 0 Å². The maximum atomic E-state index is 9.84. The van der Waals surface area contributed by atoms with E-state index in [-0.39, 0.29) is 0 Å². The van der Waals surface area contributed by atoms with Crippen molar-refractivity contribution in [1.29, 1.82) is 0 Å². The van der Waals surface area contributed by atoms with Crippen molar-refractivity contribution in [3.63, 3.8) is 0 Å². The summed E-state index contributed by atoms with van der Waals surface area (Å²) >= 11 is 0. The Kier molecular flexibility index (Phi) is 3.74. The van der Waals surface area contributed by atoms with E-state index in [2.05, 4.69) is 16.0 Å². The van der Waals surface area contributed by atoms with E-state index in [4.69, 9.17) is 0 Å². The van der Waals surface area contributed by atoms with Crippen molar-refractivity contribution in [2.45, 2.75) is 13.3 Å². The summed E-state index contributed by atoms with van der Waals surface area (Å²) in [5.74, 6) is 0. The molecule has 0 aliphatic heterocycles. The summed E-state index contributed by atoms with van der Waals surface area (Å²) in [7, 11) is 0. The zero-order valence-electron chi connectivity index (χ0n) is 4.79. The molecule has 0 aromatic carbocycles. The summed E-state index contributed by atoms with van der Waals surface area (Å²) in [6.07, 6.45) is 0.886. The number of hydrogen-bond donors (Lipinski definition) is 1. The first-order valence-corrected chi connectivity index (χ1v) is 2.44. The highest BCUT2D eigenvalue weighted by molar-refractivity contribution is 5.71. The molecule has 0 unspecified atom stereocenters. The summed E-state index contributed by atoms with van der Waals surface area (Å²) in [4.78, 5) is 9.84. The van der Waals surface area contributed by atoms with Crippen molar-refractivity contribution in [3.8, 4) is 0 Å². The van der Waals surface area contributed by atoms with Gasteiger partial charge in [-0.15, -0.1) is 0 Å². The fraction of sp³-hybridized carbons (Fsp3) is 0.750. The summed E-state index contributed by atoms with van der Waals surface area (Å²) in [6.45, 7) is 2.52. The van der Waals surface area contributed by atoms with Gasteiger partial charge in [0.1, 0.15) is 0 Å². The largest absolute Gasteiger partial charge is 0.356 e. The van der Waals surface area contributed by atoms with Gasteiger partial charge in [0, 0.05) is 0 Å². The van der Waals surface area contributed by atoms with Gasteiger partial charge < -0.3 is 5.73 Å². The predicted molar refractivity (Wildman–Crippen MR) is 29.6 cm³/mol. The Balaban J connectivity index is 3.20. The Morgan fingerprint density at radius 3 is 2.75 bits per heavy atom. The molecule has 0 fully saturated rings. The van der Waals surface area contributed by atoms with Crippen LogP contribution in [0, 0.1) is 0 Å². The summed E-state index contributed by atoms with van der Waals surface area (Å²) < 4.78 is 0. The van der Waals surface area contributed by atoms with Crippen LogP contribution in [0.2, 0.25) is 0 Å². The lowest BCUT2D eigenvalue weighted by molar-refractivity contribution is 0.255. The predicted octanol–water partition coefficient (Wildman–Crippen LogP) is 0.927. The minimum Gasteiger partial charge on any atom is -0.348 e. The van der Waals surface area contributed by atoms with E-state index in [0.717, 1.165) is 6.42 Å². The van der Waals surface area contributed by atoms with Crippen LogP contribution in [-0.2, 0) is 0 Å². The van der Waals surface area contributed by atoms with Crippen LogP contribution in [0.25, 0.3) is 0 Å². The summed E-state index contributed by atoms with van der Waals surface area (Å²) in [5, 5.41) is 6.52. The monoisotopic (exact) mass is 115 g/mol. The highest BCUT2D eigenvalue weighted by atomic mass is 16.2. The van der Waals surface area contributed by atoms with Crippen LogP contribution in [0.4, 0.5) is 4.79 Å². The average Bonchev–Trinajstić information content (AvgIpc) is 1.66. The molecule has 0 aromatic rings. The van der Waals surface area contributed by atoms with Crippen LogP contribution in [0.1, 0.15) is 13.3 Å². The number of rotatable bonds is 2. The highest BCUT2D eigenvalue weighted by Gasteiger charge is 1.80. The SMILES string of the molecule is CCCN=NC(N)=O. The fourth-order valence-electron chi connectivity index (χ4n) is 0.220. The van der Waals surface area contributed by atoms with E-state index in [9.17, 15) is 4.79 Å². The van der Waals surface area contributed by atoms with E-state index in [0.29, 0.717) is 6.54 Å². The summed E-state index contributed by atoms with van der Waals surface area (Å²) in [6, 6.07) is -0.724. The van der Waals surface area contributed by atoms with Gasteiger partial charge in [-0.1, -0.05) is 12.0 Å². The minimum absolute atomic E-state index is 0.572. The number of nitrogens with zero attached hydrogens (tertiary/aromatic N) is 2. The topological polar surface area (TPSA) is 67.8 Å². The zero-order chi connectivity index (χ0) is 6.41. The molecule has 0 radical (unpaired) electrons. The van der Waals surface area contributed by atoms with Crippen LogP contribution in [0.15, 0.2) is 10.2 Å². The zero-order valence-corrected chi connectivity index (χ0v) is 4.79. The quantitative estimate of drug-likeness (QED) is 0.534. The molecule has 0 saturated carbocycles. The smallest absolute Gasteiger partial charge is 0.348 e. The standard InChI is InChI=1S/C4H9N3O/c1-2-3-6-7-4(5)8/h2-3H2,1H3,(H2,5,8). The average molecular weight is 115 g/mol. The number of amides is 2. The molecule has 8 heavy (non-hydrogen) atoms. The van der Waals surface area contributed by atoms with Crippen molar-refractivity contribution in [3.05, 3.63) is 0 Å². The van der Waals surface area contributed by atoms with Gasteiger partial charge in [0.05, 0.1) is 6.54 Å². The molecule has 0 aliphatic carbocycles. The summed E-state index contributed by atoms with van der Waals surface area (Å²) in [5.41, 5.74) is 4.63. The molecule has 4 heteroatoms. The van der Waals surface area contributed by atoms with Crippen molar-refractivity contribution in [1.82, 2.24) is 0 Å². The molecule has 0 bridgehead atoms. The van der Waals surface area contributed by atoms with Crippen LogP contribution in [0.5, 0.6) is 0 Å². The van der Waals surface area contributed by atoms with Gasteiger partial charge in [-0.25, -0.2) is 4.79 Å². The Labute approximate surface area is 47.8 Å². The molecule has 2 N–H and O–H groups in total. The van der Waals surface area contributed by atoms with Crippen molar-refractivity contribution in [2.24, 2.45) is 16.0 Å². The maximum absolute atomic E-state index is 9.84. The van der Waals surface area contributed by atoms with E-state index in [1.54, 1.807) is 0 Å². The normalized spacial score (nSPS) is 10.1. The van der Waals surface area contributed by atoms with Gasteiger partial charge in [-0.05, 0) is 6.42 Å². The molecule has 0 spiro atoms. The molecular weight excluding hydrogens is 106 g/mol. The van der Waals surface area contributed by atoms with Crippen molar-refractivity contribution < 1.29 is 4.79 Å². The molecule has 0 aliphatic rings. The number of azo groups is 1. The van der Waals surface area contributed by atoms with Gasteiger partial charge in [0.2, 0.25) is 0 Å². The lowest BCUT2D eigenvalue weighted by Crippen LogP contribution is -2.02. The maximum Gasteiger partial charge on any atom is 0.356 e. The minimum atomic E-state index is -0.724. The molecular formula is C4H9N3O. The Morgan fingerprint density at radius 1 is 1.75 bits per heavy atom. The van der Waals surface area contributed by atoms with Gasteiger partial charge in [-0.2, -0.15) is 5.11 Å². The molecule has 2 amide bonds. The number of urea groups is 1. The Morgan fingerprint density at radius 2 is 2.38 bits per heavy atom. The molecule has 0 aromatic heterocycles. The second-order valence-electron chi connectivity index (χ2n) is 1.30. The molecule has 0 heterocycles. The number of carbonyl (C=O) groups is 1. The van der Waals surface area contributed by atoms with Crippen LogP contribution >= 0.6 is 0 Å². The number of hydrogen-bond acceptors (Lipinski definition) is 2. The van der Waals surface area contributed by atoms with E-state index in [1.165, 1.54) is 0 Å². The first-order chi connectivity index (χ1) is 3.77. The molecule has 0 saturated heterocycles. The van der Waals surface area contributed by atoms with E-state index in [1.807, 2.05) is 6.92 Å². The van der Waals surface area contributed by atoms with Gasteiger partial charge in [0.15, 0.2) is 0 Å². The second-order valence-corrected chi connectivity index (χ2v) is 1.30. The fourth-order valence-corrected chi connectivity index (χ4v) is 0.220. The van der Waals surface area contributed by atoms with Gasteiger partial charge in [-0.3, -0.25) is 0 Å². The lowest BCUT2D eigenvalue weighted by atomic mass is 10.5. The highest BCUT2D eigenvalue weighted by Crippen LogP contribution is 1.78. The Bertz CT molecular complexity index is 99.5. The van der Waals surface area contributed by atoms with Gasteiger partial charge >= 0.3 is 6.03 Å². The van der Waals surface area contributed by atoms with Crippen LogP contribution < -0.4 is 5.73 Å². The first-order valence-electron chi connectivity index (χ1n) is 2.44. The third-order valence-corrected chi connectivity index (χ3v) is 0.493. The Hall–Kier alpha value is -0.930. The first kappa shape index (κ1) is 7.07. The number of carbonyl (C=O) groups excluding carboxylic acids is 1. The van der Waals surface area contributed by atoms with Crippen molar-refractivity contribution >= 4 is 6.03 Å². The van der Waals surface area contributed by atoms with E-state index < -0.39 is 6.03 Å². The third-order valence-electron chi connectivity index (χ3n) is 0.493. The number of nitrogens with two attached hydrogens (primary N) is 1.